The van der Waals surface area contributed by atoms with E-state index in [1.54, 1.807) is 6.07 Å². The lowest BCUT2D eigenvalue weighted by Gasteiger charge is -2.37. The van der Waals surface area contributed by atoms with E-state index in [0.717, 1.165) is 16.6 Å². The predicted octanol–water partition coefficient (Wildman–Crippen LogP) is 2.01. The van der Waals surface area contributed by atoms with Gasteiger partial charge in [0.05, 0.1) is 28.2 Å². The van der Waals surface area contributed by atoms with E-state index in [0.29, 0.717) is 31.4 Å². The lowest BCUT2D eigenvalue weighted by molar-refractivity contribution is -0.0690. The monoisotopic (exact) mass is 374 g/mol. The summed E-state index contributed by atoms with van der Waals surface area (Å²) < 4.78 is 29.6. The third-order valence-electron chi connectivity index (χ3n) is 5.27. The summed E-state index contributed by atoms with van der Waals surface area (Å²) >= 11 is 0. The first-order valence-electron chi connectivity index (χ1n) is 8.88. The molecule has 2 aliphatic heterocycles. The average Bonchev–Trinajstić information content (AvgIpc) is 2.88. The Bertz CT molecular complexity index is 973. The Morgan fingerprint density at radius 3 is 2.92 bits per heavy atom. The number of fused-ring (bicyclic) bond motifs is 1. The summed E-state index contributed by atoms with van der Waals surface area (Å²) in [6.07, 6.45) is 1.74. The van der Waals surface area contributed by atoms with Crippen molar-refractivity contribution in [1.82, 2.24) is 10.3 Å². The molecule has 1 spiro atoms. The van der Waals surface area contributed by atoms with E-state index >= 15 is 0 Å². The first-order valence-corrected chi connectivity index (χ1v) is 10.7. The Hall–Kier alpha value is -1.99. The summed E-state index contributed by atoms with van der Waals surface area (Å²) in [6.45, 7) is 2.34. The molecule has 2 aliphatic rings. The largest absolute Gasteiger partial charge is 0.374 e. The highest BCUT2D eigenvalue weighted by Gasteiger charge is 2.46. The van der Waals surface area contributed by atoms with Gasteiger partial charge in [-0.1, -0.05) is 18.2 Å². The van der Waals surface area contributed by atoms with Crippen LogP contribution in [0.1, 0.15) is 35.3 Å². The zero-order valence-electron chi connectivity index (χ0n) is 14.7. The summed E-state index contributed by atoms with van der Waals surface area (Å²) in [6, 6.07) is 9.30. The molecule has 1 aromatic carbocycles. The number of carbonyl (C=O) groups excluding carboxylic acids is 1. The number of sulfone groups is 1. The van der Waals surface area contributed by atoms with E-state index in [4.69, 9.17) is 4.74 Å². The summed E-state index contributed by atoms with van der Waals surface area (Å²) in [5.41, 5.74) is 1.56. The molecule has 2 saturated heterocycles. The fraction of sp³-hybridized carbons (Fsp3) is 0.474. The minimum Gasteiger partial charge on any atom is -0.374 e. The summed E-state index contributed by atoms with van der Waals surface area (Å²) in [5, 5.41) is 3.91. The summed E-state index contributed by atoms with van der Waals surface area (Å²) in [7, 11) is -3.04. The van der Waals surface area contributed by atoms with E-state index in [2.05, 4.69) is 10.3 Å². The molecule has 0 radical (unpaired) electrons. The molecule has 0 aliphatic carbocycles. The number of benzene rings is 1. The van der Waals surface area contributed by atoms with E-state index < -0.39 is 15.4 Å². The number of nitrogens with one attached hydrogen (secondary N) is 1. The van der Waals surface area contributed by atoms with Crippen molar-refractivity contribution in [3.63, 3.8) is 0 Å². The van der Waals surface area contributed by atoms with Crippen molar-refractivity contribution >= 4 is 26.6 Å². The Morgan fingerprint density at radius 1 is 1.35 bits per heavy atom. The van der Waals surface area contributed by atoms with Crippen LogP contribution >= 0.6 is 0 Å². The van der Waals surface area contributed by atoms with Crippen LogP contribution in [0, 0.1) is 6.92 Å². The number of aryl methyl sites for hydroxylation is 1. The molecule has 2 fully saturated rings. The molecule has 4 rings (SSSR count). The van der Waals surface area contributed by atoms with Gasteiger partial charge < -0.3 is 10.1 Å². The fourth-order valence-electron chi connectivity index (χ4n) is 4.07. The number of nitrogens with zero attached hydrogens (tertiary/aromatic N) is 1. The highest BCUT2D eigenvalue weighted by molar-refractivity contribution is 7.91. The van der Waals surface area contributed by atoms with Crippen LogP contribution in [-0.2, 0) is 14.6 Å². The van der Waals surface area contributed by atoms with Crippen LogP contribution in [0.15, 0.2) is 30.3 Å². The number of hydrogen-bond acceptors (Lipinski definition) is 5. The van der Waals surface area contributed by atoms with Gasteiger partial charge in [-0.15, -0.1) is 0 Å². The second-order valence-electron chi connectivity index (χ2n) is 7.37. The van der Waals surface area contributed by atoms with Crippen molar-refractivity contribution in [1.29, 1.82) is 0 Å². The Kier molecular flexibility index (Phi) is 4.23. The molecular formula is C19H22N2O4S. The molecule has 1 N–H and O–H groups in total. The van der Waals surface area contributed by atoms with E-state index in [-0.39, 0.29) is 23.5 Å². The molecular weight excluding hydrogens is 352 g/mol. The maximum atomic E-state index is 12.9. The second-order valence-corrected chi connectivity index (χ2v) is 9.55. The smallest absolute Gasteiger partial charge is 0.252 e. The van der Waals surface area contributed by atoms with Crippen molar-refractivity contribution in [3.05, 3.63) is 41.6 Å². The molecule has 0 saturated carbocycles. The summed E-state index contributed by atoms with van der Waals surface area (Å²) in [4.78, 5) is 17.4. The molecule has 3 heterocycles. The van der Waals surface area contributed by atoms with Crippen LogP contribution in [0.4, 0.5) is 0 Å². The van der Waals surface area contributed by atoms with E-state index in [1.165, 1.54) is 0 Å². The molecule has 2 unspecified atom stereocenters. The number of para-hydroxylation sites is 1. The average molecular weight is 374 g/mol. The van der Waals surface area contributed by atoms with Gasteiger partial charge in [-0.3, -0.25) is 9.78 Å². The van der Waals surface area contributed by atoms with Gasteiger partial charge >= 0.3 is 0 Å². The zero-order chi connectivity index (χ0) is 18.4. The third kappa shape index (κ3) is 3.33. The third-order valence-corrected chi connectivity index (χ3v) is 7.06. The number of pyridine rings is 1. The van der Waals surface area contributed by atoms with Crippen molar-refractivity contribution in [3.8, 4) is 0 Å². The maximum Gasteiger partial charge on any atom is 0.252 e. The molecule has 6 nitrogen and oxygen atoms in total. The standard InChI is InChI=1S/C19H22N2O4S/c1-13-10-16(15-4-2-3-5-17(15)20-13)18(22)21-14-6-8-25-19(11-14)7-9-26(23,24)12-19/h2-5,10,14H,6-9,11-12H2,1H3,(H,21,22). The quantitative estimate of drug-likeness (QED) is 0.869. The zero-order valence-corrected chi connectivity index (χ0v) is 15.5. The van der Waals surface area contributed by atoms with Gasteiger partial charge in [0.1, 0.15) is 0 Å². The van der Waals surface area contributed by atoms with Gasteiger partial charge in [0.25, 0.3) is 5.91 Å². The topological polar surface area (TPSA) is 85.4 Å². The van der Waals surface area contributed by atoms with Gasteiger partial charge in [0.2, 0.25) is 0 Å². The SMILES string of the molecule is Cc1cc(C(=O)NC2CCOC3(CCS(=O)(=O)C3)C2)c2ccccc2n1. The molecule has 26 heavy (non-hydrogen) atoms. The van der Waals surface area contributed by atoms with Crippen molar-refractivity contribution in [2.24, 2.45) is 0 Å². The van der Waals surface area contributed by atoms with Crippen molar-refractivity contribution in [2.45, 2.75) is 37.8 Å². The van der Waals surface area contributed by atoms with Crippen LogP contribution in [0.25, 0.3) is 10.9 Å². The number of hydrogen-bond donors (Lipinski definition) is 1. The van der Waals surface area contributed by atoms with Gasteiger partial charge in [-0.05, 0) is 38.3 Å². The van der Waals surface area contributed by atoms with Gasteiger partial charge in [-0.25, -0.2) is 8.42 Å². The van der Waals surface area contributed by atoms with Gasteiger partial charge in [-0.2, -0.15) is 0 Å². The van der Waals surface area contributed by atoms with Crippen LogP contribution in [0.5, 0.6) is 0 Å². The van der Waals surface area contributed by atoms with E-state index in [9.17, 15) is 13.2 Å². The first-order chi connectivity index (χ1) is 12.4. The Labute approximate surface area is 152 Å². The maximum absolute atomic E-state index is 12.9. The summed E-state index contributed by atoms with van der Waals surface area (Å²) in [5.74, 6) is 0.0838. The Balaban J connectivity index is 1.55. The molecule has 1 amide bonds. The first kappa shape index (κ1) is 17.4. The number of rotatable bonds is 2. The number of ether oxygens (including phenoxy) is 1. The molecule has 1 aromatic heterocycles. The fourth-order valence-corrected chi connectivity index (χ4v) is 6.05. The molecule has 0 bridgehead atoms. The Morgan fingerprint density at radius 2 is 2.15 bits per heavy atom. The molecule has 7 heteroatoms. The highest BCUT2D eigenvalue weighted by atomic mass is 32.2. The molecule has 2 atom stereocenters. The van der Waals surface area contributed by atoms with Gasteiger partial charge in [0.15, 0.2) is 9.84 Å². The lowest BCUT2D eigenvalue weighted by Crippen LogP contribution is -2.49. The van der Waals surface area contributed by atoms with Crippen LogP contribution in [-0.4, -0.2) is 49.1 Å². The van der Waals surface area contributed by atoms with Crippen molar-refractivity contribution in [2.75, 3.05) is 18.1 Å². The normalized spacial score (nSPS) is 27.7. The molecule has 2 aromatic rings. The number of carbonyl (C=O) groups is 1. The van der Waals surface area contributed by atoms with Crippen LogP contribution < -0.4 is 5.32 Å². The van der Waals surface area contributed by atoms with Gasteiger partial charge in [0, 0.05) is 23.7 Å². The van der Waals surface area contributed by atoms with Crippen LogP contribution in [0.2, 0.25) is 0 Å². The van der Waals surface area contributed by atoms with E-state index in [1.807, 2.05) is 31.2 Å². The number of aromatic nitrogens is 1. The second kappa shape index (κ2) is 6.32. The predicted molar refractivity (Wildman–Crippen MR) is 98.9 cm³/mol. The van der Waals surface area contributed by atoms with Crippen molar-refractivity contribution < 1.29 is 17.9 Å². The highest BCUT2D eigenvalue weighted by Crippen LogP contribution is 2.35. The minimum atomic E-state index is -3.04. The minimum absolute atomic E-state index is 0.0592. The molecule has 138 valence electrons. The number of amides is 1. The lowest BCUT2D eigenvalue weighted by atomic mass is 9.89. The van der Waals surface area contributed by atoms with Crippen LogP contribution in [0.3, 0.4) is 0 Å².